The largest absolute Gasteiger partial charge is 0.478 e. The highest BCUT2D eigenvalue weighted by molar-refractivity contribution is 7.09. The predicted octanol–water partition coefficient (Wildman–Crippen LogP) is 7.54. The summed E-state index contributed by atoms with van der Waals surface area (Å²) >= 11 is 1.69. The standard InChI is InChI=1S/C33H37N3O2S/c37-33(38)29-12-8-25(9-13-29)22-34-20-19-32-36-31(23-39-32)28-14-16-30(17-15-28)35-21-18-24-6-10-27(11-7-24)26-4-2-1-3-5-26/h6-17,23,26,34-35H,1-5,18-22H2,(H,37,38). The molecule has 1 aromatic heterocycles. The second-order valence-electron chi connectivity index (χ2n) is 10.4. The molecule has 0 atom stereocenters. The van der Waals surface area contributed by atoms with Gasteiger partial charge >= 0.3 is 5.97 Å². The zero-order chi connectivity index (χ0) is 26.9. The molecule has 0 unspecified atom stereocenters. The number of nitrogens with one attached hydrogen (secondary N) is 2. The van der Waals surface area contributed by atoms with E-state index < -0.39 is 5.97 Å². The molecule has 1 aliphatic carbocycles. The fourth-order valence-corrected chi connectivity index (χ4v) is 6.06. The number of aromatic nitrogens is 1. The molecule has 39 heavy (non-hydrogen) atoms. The van der Waals surface area contributed by atoms with Crippen LogP contribution in [0, 0.1) is 0 Å². The Hall–Kier alpha value is -3.48. The fraction of sp³-hybridized carbons (Fsp3) is 0.333. The number of rotatable bonds is 12. The molecular weight excluding hydrogens is 502 g/mol. The molecule has 0 saturated heterocycles. The molecule has 0 amide bonds. The maximum absolute atomic E-state index is 11.0. The molecule has 5 nitrogen and oxygen atoms in total. The van der Waals surface area contributed by atoms with Crippen LogP contribution in [0.2, 0.25) is 0 Å². The SMILES string of the molecule is O=C(O)c1ccc(CNCCc2nc(-c3ccc(NCCc4ccc(C5CCCCC5)cc4)cc3)cs2)cc1. The van der Waals surface area contributed by atoms with Crippen LogP contribution in [0.1, 0.15) is 70.1 Å². The van der Waals surface area contributed by atoms with Gasteiger partial charge in [-0.3, -0.25) is 0 Å². The molecule has 3 aromatic carbocycles. The van der Waals surface area contributed by atoms with Crippen LogP contribution in [-0.2, 0) is 19.4 Å². The van der Waals surface area contributed by atoms with Crippen molar-refractivity contribution >= 4 is 23.0 Å². The smallest absolute Gasteiger partial charge is 0.335 e. The van der Waals surface area contributed by atoms with E-state index in [0.29, 0.717) is 12.1 Å². The van der Waals surface area contributed by atoms with Crippen LogP contribution < -0.4 is 10.6 Å². The molecule has 3 N–H and O–H groups in total. The first kappa shape index (κ1) is 27.1. The zero-order valence-electron chi connectivity index (χ0n) is 22.4. The third-order valence-electron chi connectivity index (χ3n) is 7.58. The molecule has 0 radical (unpaired) electrons. The molecule has 6 heteroatoms. The van der Waals surface area contributed by atoms with Crippen LogP contribution in [0.3, 0.4) is 0 Å². The van der Waals surface area contributed by atoms with Crippen LogP contribution in [0.25, 0.3) is 11.3 Å². The van der Waals surface area contributed by atoms with Gasteiger partial charge in [0, 0.05) is 42.7 Å². The van der Waals surface area contributed by atoms with E-state index in [1.165, 1.54) is 43.2 Å². The van der Waals surface area contributed by atoms with Crippen molar-refractivity contribution < 1.29 is 9.90 Å². The highest BCUT2D eigenvalue weighted by Crippen LogP contribution is 2.32. The molecule has 202 valence electrons. The van der Waals surface area contributed by atoms with Gasteiger partial charge < -0.3 is 15.7 Å². The highest BCUT2D eigenvalue weighted by Gasteiger charge is 2.15. The first-order valence-electron chi connectivity index (χ1n) is 14.0. The Bertz CT molecular complexity index is 1320. The number of nitrogens with zero attached hydrogens (tertiary/aromatic N) is 1. The van der Waals surface area contributed by atoms with Crippen molar-refractivity contribution in [1.82, 2.24) is 10.3 Å². The summed E-state index contributed by atoms with van der Waals surface area (Å²) in [6.45, 7) is 2.44. The minimum Gasteiger partial charge on any atom is -0.478 e. The van der Waals surface area contributed by atoms with Crippen LogP contribution in [0.5, 0.6) is 0 Å². The van der Waals surface area contributed by atoms with E-state index in [0.717, 1.165) is 59.4 Å². The molecular formula is C33H37N3O2S. The third-order valence-corrected chi connectivity index (χ3v) is 8.49. The van der Waals surface area contributed by atoms with Crippen molar-refractivity contribution in [1.29, 1.82) is 0 Å². The van der Waals surface area contributed by atoms with E-state index in [1.807, 2.05) is 12.1 Å². The van der Waals surface area contributed by atoms with E-state index in [4.69, 9.17) is 10.1 Å². The van der Waals surface area contributed by atoms with Crippen LogP contribution in [0.4, 0.5) is 5.69 Å². The minimum atomic E-state index is -0.897. The Kier molecular flexibility index (Phi) is 9.41. The number of thiazole rings is 1. The second kappa shape index (κ2) is 13.5. The maximum Gasteiger partial charge on any atom is 0.335 e. The lowest BCUT2D eigenvalue weighted by atomic mass is 9.84. The van der Waals surface area contributed by atoms with Crippen molar-refractivity contribution in [3.63, 3.8) is 0 Å². The highest BCUT2D eigenvalue weighted by atomic mass is 32.1. The summed E-state index contributed by atoms with van der Waals surface area (Å²) in [5.41, 5.74) is 7.58. The predicted molar refractivity (Wildman–Crippen MR) is 161 cm³/mol. The van der Waals surface area contributed by atoms with Crippen molar-refractivity contribution in [2.24, 2.45) is 0 Å². The summed E-state index contributed by atoms with van der Waals surface area (Å²) in [5, 5.41) is 19.2. The van der Waals surface area contributed by atoms with Crippen LogP contribution >= 0.6 is 11.3 Å². The number of hydrogen-bond donors (Lipinski definition) is 3. The molecule has 0 bridgehead atoms. The molecule has 1 aliphatic rings. The van der Waals surface area contributed by atoms with Crippen molar-refractivity contribution in [3.8, 4) is 11.3 Å². The van der Waals surface area contributed by atoms with E-state index in [9.17, 15) is 4.79 Å². The number of carbonyl (C=O) groups is 1. The molecule has 1 heterocycles. The van der Waals surface area contributed by atoms with E-state index in [-0.39, 0.29) is 0 Å². The Morgan fingerprint density at radius 3 is 2.28 bits per heavy atom. The summed E-state index contributed by atoms with van der Waals surface area (Å²) in [5.74, 6) is -0.127. The van der Waals surface area contributed by atoms with E-state index >= 15 is 0 Å². The number of benzene rings is 3. The Morgan fingerprint density at radius 2 is 1.56 bits per heavy atom. The van der Waals surface area contributed by atoms with Gasteiger partial charge in [0.05, 0.1) is 16.3 Å². The molecule has 1 saturated carbocycles. The maximum atomic E-state index is 11.0. The van der Waals surface area contributed by atoms with Gasteiger partial charge in [0.2, 0.25) is 0 Å². The van der Waals surface area contributed by atoms with Crippen LogP contribution in [0.15, 0.2) is 78.2 Å². The molecule has 0 aliphatic heterocycles. The monoisotopic (exact) mass is 539 g/mol. The third kappa shape index (κ3) is 7.78. The van der Waals surface area contributed by atoms with Gasteiger partial charge in [0.15, 0.2) is 0 Å². The van der Waals surface area contributed by atoms with Gasteiger partial charge in [-0.2, -0.15) is 0 Å². The van der Waals surface area contributed by atoms with Crippen LogP contribution in [-0.4, -0.2) is 29.1 Å². The van der Waals surface area contributed by atoms with Gasteiger partial charge in [0.1, 0.15) is 0 Å². The second-order valence-corrected chi connectivity index (χ2v) is 11.3. The average molecular weight is 540 g/mol. The Balaban J connectivity index is 1.03. The average Bonchev–Trinajstić information content (AvgIpc) is 3.46. The minimum absolute atomic E-state index is 0.313. The first-order chi connectivity index (χ1) is 19.1. The topological polar surface area (TPSA) is 74.2 Å². The summed E-state index contributed by atoms with van der Waals surface area (Å²) in [4.78, 5) is 15.8. The summed E-state index contributed by atoms with van der Waals surface area (Å²) < 4.78 is 0. The lowest BCUT2D eigenvalue weighted by Gasteiger charge is -2.22. The quantitative estimate of drug-likeness (QED) is 0.162. The first-order valence-corrected chi connectivity index (χ1v) is 14.9. The van der Waals surface area contributed by atoms with E-state index in [1.54, 1.807) is 23.5 Å². The van der Waals surface area contributed by atoms with Gasteiger partial charge in [-0.15, -0.1) is 11.3 Å². The Morgan fingerprint density at radius 1 is 0.846 bits per heavy atom. The number of carboxylic acids is 1. The number of anilines is 1. The van der Waals surface area contributed by atoms with Gasteiger partial charge in [-0.05, 0) is 66.1 Å². The van der Waals surface area contributed by atoms with Gasteiger partial charge in [-0.25, -0.2) is 9.78 Å². The number of carboxylic acid groups (broad SMARTS) is 1. The lowest BCUT2D eigenvalue weighted by Crippen LogP contribution is -2.16. The summed E-state index contributed by atoms with van der Waals surface area (Å²) in [7, 11) is 0. The number of hydrogen-bond acceptors (Lipinski definition) is 5. The zero-order valence-corrected chi connectivity index (χ0v) is 23.2. The van der Waals surface area contributed by atoms with Crippen molar-refractivity contribution in [3.05, 3.63) is 105 Å². The summed E-state index contributed by atoms with van der Waals surface area (Å²) in [6, 6.07) is 24.8. The molecule has 1 fully saturated rings. The van der Waals surface area contributed by atoms with Gasteiger partial charge in [-0.1, -0.05) is 67.8 Å². The van der Waals surface area contributed by atoms with Crippen molar-refractivity contribution in [2.45, 2.75) is 57.4 Å². The molecule has 4 aromatic rings. The summed E-state index contributed by atoms with van der Waals surface area (Å²) in [6.07, 6.45) is 8.75. The molecule has 0 spiro atoms. The fourth-order valence-electron chi connectivity index (χ4n) is 5.25. The Labute approximate surface area is 235 Å². The normalized spacial score (nSPS) is 13.8. The van der Waals surface area contributed by atoms with E-state index in [2.05, 4.69) is 64.5 Å². The van der Waals surface area contributed by atoms with Crippen molar-refractivity contribution in [2.75, 3.05) is 18.4 Å². The lowest BCUT2D eigenvalue weighted by molar-refractivity contribution is 0.0697. The molecule has 5 rings (SSSR count). The number of aromatic carboxylic acids is 1. The van der Waals surface area contributed by atoms with Gasteiger partial charge in [0.25, 0.3) is 0 Å².